The Balaban J connectivity index is 0.000000197. The molecule has 338 valence electrons. The molecule has 0 aliphatic heterocycles. The van der Waals surface area contributed by atoms with Crippen molar-refractivity contribution < 1.29 is 114 Å². The van der Waals surface area contributed by atoms with E-state index in [9.17, 15) is 71.2 Å². The number of fused-ring (bicyclic) bond motifs is 2. The summed E-state index contributed by atoms with van der Waals surface area (Å²) in [5.74, 6) is -5.81. The zero-order valence-electron chi connectivity index (χ0n) is 31.2. The Morgan fingerprint density at radius 1 is 0.712 bits per heavy atom. The van der Waals surface area contributed by atoms with Crippen molar-refractivity contribution in [2.24, 2.45) is 35.0 Å². The highest BCUT2D eigenvalue weighted by molar-refractivity contribution is 7.96. The van der Waals surface area contributed by atoms with Gasteiger partial charge in [-0.05, 0) is 94.3 Å². The first-order chi connectivity index (χ1) is 27.4. The van der Waals surface area contributed by atoms with Crippen molar-refractivity contribution in [2.45, 2.75) is 131 Å². The molecule has 8 aliphatic carbocycles. The van der Waals surface area contributed by atoms with E-state index in [0.717, 1.165) is 19.3 Å². The second-order valence-electron chi connectivity index (χ2n) is 15.8. The molecule has 27 heteroatoms. The quantitative estimate of drug-likeness (QED) is 0.0618. The molecule has 0 aromatic carbocycles. The molecule has 0 aromatic rings. The number of halogens is 6. The second kappa shape index (κ2) is 19.6. The maximum Gasteiger partial charge on any atom is 0.415 e. The molecular weight excluding hydrogens is 883 g/mol. The highest BCUT2D eigenvalue weighted by Gasteiger charge is 2.64. The van der Waals surface area contributed by atoms with Gasteiger partial charge in [0.1, 0.15) is 53.1 Å². The number of esters is 3. The Hall–Kier alpha value is -2.02. The van der Waals surface area contributed by atoms with Gasteiger partial charge in [-0.25, -0.2) is 14.4 Å². The lowest BCUT2D eigenvalue weighted by Crippen LogP contribution is -2.66. The number of aliphatic hydroxyl groups is 1. The molecule has 1 N–H and O–H groups in total. The van der Waals surface area contributed by atoms with E-state index in [1.165, 1.54) is 6.92 Å². The monoisotopic (exact) mass is 921 g/mol. The van der Waals surface area contributed by atoms with E-state index in [1.807, 2.05) is 13.8 Å². The van der Waals surface area contributed by atoms with E-state index in [1.54, 1.807) is 0 Å². The Morgan fingerprint density at radius 3 is 1.66 bits per heavy atom. The van der Waals surface area contributed by atoms with Crippen molar-refractivity contribution in [2.75, 3.05) is 0 Å². The Labute approximate surface area is 344 Å². The summed E-state index contributed by atoms with van der Waals surface area (Å²) in [5, 5.41) is 34.9. The van der Waals surface area contributed by atoms with Crippen LogP contribution in [0.4, 0.5) is 26.3 Å². The number of hydrogen-bond acceptors (Lipinski definition) is 21. The predicted octanol–water partition coefficient (Wildman–Crippen LogP) is 2.83. The summed E-state index contributed by atoms with van der Waals surface area (Å²) in [6, 6.07) is 0. The van der Waals surface area contributed by atoms with Gasteiger partial charge in [0.15, 0.2) is 11.9 Å². The summed E-state index contributed by atoms with van der Waals surface area (Å²) < 4.78 is 104. The van der Waals surface area contributed by atoms with Gasteiger partial charge in [0.25, 0.3) is 0 Å². The Kier molecular flexibility index (Phi) is 16.5. The van der Waals surface area contributed by atoms with Crippen LogP contribution in [0.3, 0.4) is 0 Å². The van der Waals surface area contributed by atoms with Gasteiger partial charge in [-0.15, -0.1) is 0 Å². The zero-order valence-corrected chi connectivity index (χ0v) is 33.6. The molecule has 18 nitrogen and oxygen atoms in total. The zero-order chi connectivity index (χ0) is 44.2. The van der Waals surface area contributed by atoms with Crippen LogP contribution in [-0.4, -0.2) is 73.8 Å². The fourth-order valence-corrected chi connectivity index (χ4v) is 9.62. The van der Waals surface area contributed by atoms with Gasteiger partial charge in [-0.3, -0.25) is 24.7 Å². The first-order valence-corrected chi connectivity index (χ1v) is 20.1. The molecule has 0 amide bonds. The average Bonchev–Trinajstić information content (AvgIpc) is 3.16. The van der Waals surface area contributed by atoms with Crippen molar-refractivity contribution in [3.63, 3.8) is 0 Å². The van der Waals surface area contributed by atoms with Crippen LogP contribution >= 0.6 is 36.1 Å². The first-order valence-electron chi connectivity index (χ1n) is 17.9. The summed E-state index contributed by atoms with van der Waals surface area (Å²) in [7, 11) is 0. The van der Waals surface area contributed by atoms with Crippen LogP contribution in [0.1, 0.15) is 91.4 Å². The molecular formula is C32H39F6O18S3-3. The van der Waals surface area contributed by atoms with Gasteiger partial charge in [-0.1, -0.05) is 13.8 Å². The number of carbonyl (C=O) groups is 5. The molecule has 8 fully saturated rings. The fraction of sp³-hybridized carbons (Fsp3) is 0.844. The Morgan fingerprint density at radius 2 is 1.20 bits per heavy atom. The molecule has 7 unspecified atom stereocenters. The number of ether oxygens (including phenoxy) is 3. The van der Waals surface area contributed by atoms with Gasteiger partial charge >= 0.3 is 33.7 Å². The van der Waals surface area contributed by atoms with Gasteiger partial charge in [0.2, 0.25) is 0 Å². The summed E-state index contributed by atoms with van der Waals surface area (Å²) in [6.07, 6.45) is 3.31. The van der Waals surface area contributed by atoms with Crippen molar-refractivity contribution in [3.05, 3.63) is 0 Å². The molecule has 0 saturated heterocycles. The summed E-state index contributed by atoms with van der Waals surface area (Å²) >= 11 is -2.21. The van der Waals surface area contributed by atoms with Crippen LogP contribution in [0.5, 0.6) is 0 Å². The van der Waals surface area contributed by atoms with Crippen molar-refractivity contribution in [1.82, 2.24) is 0 Å². The average molecular weight is 922 g/mol. The molecule has 8 saturated carbocycles. The molecule has 6 bridgehead atoms. The van der Waals surface area contributed by atoms with Crippen LogP contribution in [0.2, 0.25) is 0 Å². The molecule has 0 aromatic heterocycles. The predicted molar refractivity (Wildman–Crippen MR) is 175 cm³/mol. The maximum atomic E-state index is 13.4. The molecule has 7 atom stereocenters. The smallest absolute Gasteiger partial charge is 0.415 e. The number of carbonyl (C=O) groups excluding carboxylic acids is 5. The number of alkyl halides is 6. The van der Waals surface area contributed by atoms with Crippen molar-refractivity contribution >= 4 is 65.6 Å². The van der Waals surface area contributed by atoms with E-state index < -0.39 is 93.2 Å². The van der Waals surface area contributed by atoms with E-state index in [-0.39, 0.29) is 59.4 Å². The van der Waals surface area contributed by atoms with E-state index in [4.69, 9.17) is 9.47 Å². The van der Waals surface area contributed by atoms with Crippen LogP contribution in [0, 0.1) is 35.0 Å². The normalized spacial score (nSPS) is 33.1. The molecule has 59 heavy (non-hydrogen) atoms. The molecule has 8 aliphatic rings. The Bertz CT molecular complexity index is 1530. The van der Waals surface area contributed by atoms with Crippen LogP contribution < -0.4 is 15.8 Å². The summed E-state index contributed by atoms with van der Waals surface area (Å²) in [4.78, 5) is 57.4. The van der Waals surface area contributed by atoms with Gasteiger partial charge < -0.3 is 35.1 Å². The number of Topliss-reactive ketones (excluding diaryl/α,β-unsaturated/α-hetero) is 2. The van der Waals surface area contributed by atoms with Crippen molar-refractivity contribution in [3.8, 4) is 0 Å². The number of rotatable bonds is 15. The third-order valence-corrected chi connectivity index (χ3v) is 13.2. The minimum atomic E-state index is -4.10. The lowest BCUT2D eigenvalue weighted by molar-refractivity contribution is -0.777. The topological polar surface area (TPSA) is 258 Å². The van der Waals surface area contributed by atoms with Gasteiger partial charge in [0.05, 0.1) is 6.10 Å². The number of hydrogen-bond donors (Lipinski definition) is 1. The number of ketones is 2. The molecule has 0 spiro atoms. The largest absolute Gasteiger partial charge is 0.691 e. The van der Waals surface area contributed by atoms with E-state index >= 15 is 0 Å². The lowest BCUT2D eigenvalue weighted by atomic mass is 9.45. The van der Waals surface area contributed by atoms with E-state index in [2.05, 4.69) is 32.9 Å². The second-order valence-corrected chi connectivity index (χ2v) is 18.3. The highest BCUT2D eigenvalue weighted by atomic mass is 32.2. The number of aliphatic hydroxyl groups excluding tert-OH is 1. The fourth-order valence-electron chi connectivity index (χ4n) is 8.95. The van der Waals surface area contributed by atoms with Crippen molar-refractivity contribution in [1.29, 1.82) is 0 Å². The van der Waals surface area contributed by atoms with Crippen LogP contribution in [0.25, 0.3) is 0 Å². The lowest BCUT2D eigenvalue weighted by Gasteiger charge is -2.63. The van der Waals surface area contributed by atoms with Crippen LogP contribution in [-0.2, 0) is 66.3 Å². The molecule has 0 heterocycles. The molecule has 0 radical (unpaired) electrons. The summed E-state index contributed by atoms with van der Waals surface area (Å²) in [5.41, 5.74) is -2.45. The van der Waals surface area contributed by atoms with Crippen LogP contribution in [0.15, 0.2) is 0 Å². The van der Waals surface area contributed by atoms with Gasteiger partial charge in [0, 0.05) is 18.3 Å². The minimum absolute atomic E-state index is 0.0951. The summed E-state index contributed by atoms with van der Waals surface area (Å²) in [6.45, 7) is 5.44. The third-order valence-electron chi connectivity index (χ3n) is 11.7. The van der Waals surface area contributed by atoms with Gasteiger partial charge in [-0.2, -0.15) is 39.3 Å². The van der Waals surface area contributed by atoms with E-state index in [0.29, 0.717) is 38.5 Å². The minimum Gasteiger partial charge on any atom is -0.691 e. The maximum absolute atomic E-state index is 13.4. The highest BCUT2D eigenvalue weighted by Crippen LogP contribution is 2.62. The third kappa shape index (κ3) is 11.7. The SMILES string of the molecule is CC1(OC(=O)C(F)(F)SOO[O-])CC2CC(C1O)C2(C)C.O=C1C2CC3CC1CC(OC(=O)C(F)(F)SOO[O-])(C3)C2.O=C1CCCCC1OC(=O)C(F)(F)SOO[O-]. The molecule has 8 rings (SSSR count). The standard InChI is InChI=1S/C12H14F2O6S.C12H18F2O6S.C8H10F2O6S/c13-12(14,21-20-19-17)10(16)18-11-3-6-1-7(4-11)9(15)8(2-6)5-11;1-10(2)6-4-7(10)8(15)11(3,5-6)18-9(16)12(13,14)21-20-19-17;9-8(10,17-16-15-13)7(12)14-6-4-2-1-3-5(6)11/h6-8,17H,1-5H2;6-8,15,17H,4-5H2,1-3H3;6,13H,1-4H2/p-3. The first kappa shape index (κ1) is 49.6.